The smallest absolute Gasteiger partial charge is 0.251 e. The van der Waals surface area contributed by atoms with Gasteiger partial charge in [0.25, 0.3) is 5.91 Å². The van der Waals surface area contributed by atoms with Gasteiger partial charge in [0.15, 0.2) is 0 Å². The molecular weight excluding hydrogens is 330 g/mol. The van der Waals surface area contributed by atoms with Gasteiger partial charge in [-0.25, -0.2) is 0 Å². The van der Waals surface area contributed by atoms with Gasteiger partial charge in [-0.15, -0.1) is 0 Å². The summed E-state index contributed by atoms with van der Waals surface area (Å²) >= 11 is 0. The fraction of sp³-hybridized carbons (Fsp3) is 0.400. The van der Waals surface area contributed by atoms with E-state index < -0.39 is 0 Å². The molecular formula is C20H23N3O3. The zero-order chi connectivity index (χ0) is 18.1. The van der Waals surface area contributed by atoms with Crippen LogP contribution in [0, 0.1) is 0 Å². The van der Waals surface area contributed by atoms with E-state index in [1.54, 1.807) is 7.11 Å². The number of anilines is 1. The van der Waals surface area contributed by atoms with Crippen LogP contribution in [0.5, 0.6) is 5.75 Å². The van der Waals surface area contributed by atoms with E-state index >= 15 is 0 Å². The van der Waals surface area contributed by atoms with Crippen molar-refractivity contribution in [3.63, 3.8) is 0 Å². The van der Waals surface area contributed by atoms with Crippen LogP contribution in [-0.4, -0.2) is 37.1 Å². The summed E-state index contributed by atoms with van der Waals surface area (Å²) in [6, 6.07) is 11.2. The van der Waals surface area contributed by atoms with Crippen molar-refractivity contribution in [3.8, 4) is 5.75 Å². The second-order valence-electron chi connectivity index (χ2n) is 7.07. The van der Waals surface area contributed by atoms with Crippen molar-refractivity contribution < 1.29 is 9.53 Å². The molecule has 1 saturated carbocycles. The van der Waals surface area contributed by atoms with Gasteiger partial charge in [0.2, 0.25) is 5.56 Å². The van der Waals surface area contributed by atoms with E-state index in [-0.39, 0.29) is 17.5 Å². The number of carbonyl (C=O) groups is 1. The fourth-order valence-electron chi connectivity index (χ4n) is 3.50. The van der Waals surface area contributed by atoms with Gasteiger partial charge in [-0.3, -0.25) is 9.59 Å². The largest absolute Gasteiger partial charge is 0.497 e. The SMILES string of the molecule is COc1cccc(N2CCC(NC(=O)c3cc(C4CC4)[nH]c(=O)c3)C2)c1. The highest BCUT2D eigenvalue weighted by atomic mass is 16.5. The molecule has 26 heavy (non-hydrogen) atoms. The Balaban J connectivity index is 1.42. The second-order valence-corrected chi connectivity index (χ2v) is 7.07. The summed E-state index contributed by atoms with van der Waals surface area (Å²) in [7, 11) is 1.66. The topological polar surface area (TPSA) is 74.4 Å². The predicted molar refractivity (Wildman–Crippen MR) is 100 cm³/mol. The van der Waals surface area contributed by atoms with Crippen LogP contribution < -0.4 is 20.5 Å². The highest BCUT2D eigenvalue weighted by Gasteiger charge is 2.27. The normalized spacial score (nSPS) is 19.4. The van der Waals surface area contributed by atoms with Crippen LogP contribution in [0.4, 0.5) is 5.69 Å². The van der Waals surface area contributed by atoms with Crippen LogP contribution in [0.25, 0.3) is 0 Å². The van der Waals surface area contributed by atoms with Gasteiger partial charge < -0.3 is 19.9 Å². The lowest BCUT2D eigenvalue weighted by atomic mass is 10.1. The number of rotatable bonds is 5. The molecule has 2 N–H and O–H groups in total. The third-order valence-corrected chi connectivity index (χ3v) is 5.09. The summed E-state index contributed by atoms with van der Waals surface area (Å²) in [6.45, 7) is 1.62. The van der Waals surface area contributed by atoms with Gasteiger partial charge in [-0.2, -0.15) is 0 Å². The third kappa shape index (κ3) is 3.59. The van der Waals surface area contributed by atoms with Gasteiger partial charge in [-0.05, 0) is 43.4 Å². The Bertz CT molecular complexity index is 873. The quantitative estimate of drug-likeness (QED) is 0.865. The molecule has 2 aliphatic rings. The van der Waals surface area contributed by atoms with Gasteiger partial charge >= 0.3 is 0 Å². The second kappa shape index (κ2) is 6.86. The summed E-state index contributed by atoms with van der Waals surface area (Å²) in [5.74, 6) is 1.06. The van der Waals surface area contributed by atoms with Crippen LogP contribution in [0.3, 0.4) is 0 Å². The molecule has 6 heteroatoms. The molecule has 0 spiro atoms. The van der Waals surface area contributed by atoms with Crippen molar-refractivity contribution in [1.82, 2.24) is 10.3 Å². The molecule has 1 aromatic carbocycles. The number of aromatic nitrogens is 1. The van der Waals surface area contributed by atoms with E-state index in [9.17, 15) is 9.59 Å². The zero-order valence-electron chi connectivity index (χ0n) is 14.8. The molecule has 0 radical (unpaired) electrons. The van der Waals surface area contributed by atoms with E-state index in [0.29, 0.717) is 11.5 Å². The maximum absolute atomic E-state index is 12.6. The number of pyridine rings is 1. The number of aromatic amines is 1. The summed E-state index contributed by atoms with van der Waals surface area (Å²) in [5, 5.41) is 3.07. The van der Waals surface area contributed by atoms with Crippen molar-refractivity contribution in [3.05, 3.63) is 58.0 Å². The third-order valence-electron chi connectivity index (χ3n) is 5.09. The molecule has 1 atom stereocenters. The van der Waals surface area contributed by atoms with Crippen molar-refractivity contribution >= 4 is 11.6 Å². The average Bonchev–Trinajstić information content (AvgIpc) is 3.41. The minimum absolute atomic E-state index is 0.0670. The van der Waals surface area contributed by atoms with Gasteiger partial charge in [0.05, 0.1) is 7.11 Å². The zero-order valence-corrected chi connectivity index (χ0v) is 14.8. The summed E-state index contributed by atoms with van der Waals surface area (Å²) in [6.07, 6.45) is 3.04. The Kier molecular flexibility index (Phi) is 4.41. The molecule has 1 aliphatic heterocycles. The molecule has 1 amide bonds. The Morgan fingerprint density at radius 2 is 2.08 bits per heavy atom. The first-order chi connectivity index (χ1) is 12.6. The molecule has 2 aromatic rings. The maximum atomic E-state index is 12.6. The molecule has 1 aromatic heterocycles. The van der Waals surface area contributed by atoms with E-state index in [2.05, 4.69) is 15.2 Å². The predicted octanol–water partition coefficient (Wildman–Crippen LogP) is 2.27. The Morgan fingerprint density at radius 3 is 2.85 bits per heavy atom. The van der Waals surface area contributed by atoms with Crippen LogP contribution in [0.1, 0.15) is 41.2 Å². The molecule has 1 saturated heterocycles. The van der Waals surface area contributed by atoms with E-state index in [1.807, 2.05) is 30.3 Å². The molecule has 1 aliphatic carbocycles. The van der Waals surface area contributed by atoms with E-state index in [4.69, 9.17) is 4.74 Å². The molecule has 2 fully saturated rings. The molecule has 0 bridgehead atoms. The summed E-state index contributed by atoms with van der Waals surface area (Å²) < 4.78 is 5.28. The Labute approximate surface area is 152 Å². The number of nitrogens with one attached hydrogen (secondary N) is 2. The van der Waals surface area contributed by atoms with Crippen LogP contribution in [-0.2, 0) is 0 Å². The van der Waals surface area contributed by atoms with E-state index in [1.165, 1.54) is 6.07 Å². The summed E-state index contributed by atoms with van der Waals surface area (Å²) in [4.78, 5) is 29.5. The van der Waals surface area contributed by atoms with Gasteiger partial charge in [0.1, 0.15) is 5.75 Å². The van der Waals surface area contributed by atoms with Crippen LogP contribution in [0.2, 0.25) is 0 Å². The lowest BCUT2D eigenvalue weighted by Gasteiger charge is -2.19. The number of hydrogen-bond donors (Lipinski definition) is 2. The molecule has 6 nitrogen and oxygen atoms in total. The maximum Gasteiger partial charge on any atom is 0.251 e. The first-order valence-electron chi connectivity index (χ1n) is 9.06. The standard InChI is InChI=1S/C20H23N3O3/c1-26-17-4-2-3-16(11-17)23-8-7-15(12-23)21-20(25)14-9-18(13-5-6-13)22-19(24)10-14/h2-4,9-11,13,15H,5-8,12H2,1H3,(H,21,25)(H,22,24). The van der Waals surface area contributed by atoms with Crippen molar-refractivity contribution in [2.24, 2.45) is 0 Å². The minimum Gasteiger partial charge on any atom is -0.497 e. The number of hydrogen-bond acceptors (Lipinski definition) is 4. The van der Waals surface area contributed by atoms with Crippen LogP contribution in [0.15, 0.2) is 41.2 Å². The molecule has 136 valence electrons. The van der Waals surface area contributed by atoms with Gasteiger partial charge in [-0.1, -0.05) is 6.07 Å². The number of carbonyl (C=O) groups excluding carboxylic acids is 1. The first-order valence-corrected chi connectivity index (χ1v) is 9.06. The average molecular weight is 353 g/mol. The lowest BCUT2D eigenvalue weighted by Crippen LogP contribution is -2.37. The number of H-pyrrole nitrogens is 1. The Morgan fingerprint density at radius 1 is 1.23 bits per heavy atom. The van der Waals surface area contributed by atoms with Crippen molar-refractivity contribution in [2.75, 3.05) is 25.1 Å². The number of methoxy groups -OCH3 is 1. The summed E-state index contributed by atoms with van der Waals surface area (Å²) in [5.41, 5.74) is 2.22. The number of nitrogens with zero attached hydrogens (tertiary/aromatic N) is 1. The number of amides is 1. The van der Waals surface area contributed by atoms with Crippen molar-refractivity contribution in [1.29, 1.82) is 0 Å². The number of ether oxygens (including phenoxy) is 1. The highest BCUT2D eigenvalue weighted by Crippen LogP contribution is 2.38. The monoisotopic (exact) mass is 353 g/mol. The highest BCUT2D eigenvalue weighted by molar-refractivity contribution is 5.94. The lowest BCUT2D eigenvalue weighted by molar-refractivity contribution is 0.0940. The fourth-order valence-corrected chi connectivity index (χ4v) is 3.50. The molecule has 1 unspecified atom stereocenters. The van der Waals surface area contributed by atoms with E-state index in [0.717, 1.165) is 49.5 Å². The first kappa shape index (κ1) is 16.7. The van der Waals surface area contributed by atoms with Gasteiger partial charge in [0, 0.05) is 48.2 Å². The van der Waals surface area contributed by atoms with Crippen LogP contribution >= 0.6 is 0 Å². The molecule has 2 heterocycles. The Hall–Kier alpha value is -2.76. The number of benzene rings is 1. The molecule has 4 rings (SSSR count). The minimum atomic E-state index is -0.205. The van der Waals surface area contributed by atoms with Crippen molar-refractivity contribution in [2.45, 2.75) is 31.2 Å².